The van der Waals surface area contributed by atoms with E-state index in [1.807, 2.05) is 13.0 Å². The first-order chi connectivity index (χ1) is 14.8. The SMILES string of the molecule is CCCOc1c(Cl)cc(C(=O)c2c(C)c(C#N)c(=O)n(C3CCCCC3)c2O)cc1Cl. The molecule has 0 unspecified atom stereocenters. The molecule has 0 spiro atoms. The van der Waals surface area contributed by atoms with Crippen LogP contribution < -0.4 is 10.3 Å². The number of nitrogens with zero attached hydrogens (tertiary/aromatic N) is 2. The Kier molecular flexibility index (Phi) is 7.30. The Bertz CT molecular complexity index is 1090. The van der Waals surface area contributed by atoms with Gasteiger partial charge < -0.3 is 9.84 Å². The lowest BCUT2D eigenvalue weighted by atomic mass is 9.93. The van der Waals surface area contributed by atoms with Crippen LogP contribution in [-0.4, -0.2) is 22.1 Å². The van der Waals surface area contributed by atoms with Gasteiger partial charge in [-0.3, -0.25) is 14.2 Å². The van der Waals surface area contributed by atoms with E-state index in [0.29, 0.717) is 19.4 Å². The van der Waals surface area contributed by atoms with E-state index in [-0.39, 0.29) is 44.1 Å². The van der Waals surface area contributed by atoms with Crippen molar-refractivity contribution < 1.29 is 14.6 Å². The van der Waals surface area contributed by atoms with Crippen LogP contribution in [0.15, 0.2) is 16.9 Å². The van der Waals surface area contributed by atoms with Gasteiger partial charge in [-0.1, -0.05) is 49.4 Å². The maximum atomic E-state index is 13.4. The number of carbonyl (C=O) groups excluding carboxylic acids is 1. The lowest BCUT2D eigenvalue weighted by Gasteiger charge is -2.26. The van der Waals surface area contributed by atoms with Crippen LogP contribution in [0.4, 0.5) is 0 Å². The molecule has 1 aromatic carbocycles. The van der Waals surface area contributed by atoms with E-state index in [1.54, 1.807) is 0 Å². The van der Waals surface area contributed by atoms with Crippen molar-refractivity contribution >= 4 is 29.0 Å². The van der Waals surface area contributed by atoms with Crippen molar-refractivity contribution in [2.45, 2.75) is 58.4 Å². The molecule has 0 radical (unpaired) electrons. The Morgan fingerprint density at radius 1 is 1.26 bits per heavy atom. The Labute approximate surface area is 191 Å². The Hall–Kier alpha value is -2.49. The first-order valence-electron chi connectivity index (χ1n) is 10.4. The maximum absolute atomic E-state index is 13.4. The highest BCUT2D eigenvalue weighted by atomic mass is 35.5. The lowest BCUT2D eigenvalue weighted by Crippen LogP contribution is -2.31. The number of ketones is 1. The van der Waals surface area contributed by atoms with Gasteiger partial charge in [0.1, 0.15) is 11.6 Å². The van der Waals surface area contributed by atoms with E-state index in [9.17, 15) is 20.0 Å². The van der Waals surface area contributed by atoms with Gasteiger partial charge in [0.25, 0.3) is 5.56 Å². The van der Waals surface area contributed by atoms with Crippen molar-refractivity contribution in [3.05, 3.63) is 54.8 Å². The van der Waals surface area contributed by atoms with Crippen molar-refractivity contribution in [2.75, 3.05) is 6.61 Å². The number of nitriles is 1. The van der Waals surface area contributed by atoms with E-state index < -0.39 is 17.2 Å². The van der Waals surface area contributed by atoms with Gasteiger partial charge in [-0.2, -0.15) is 5.26 Å². The fourth-order valence-corrected chi connectivity index (χ4v) is 4.65. The smallest absolute Gasteiger partial charge is 0.271 e. The first-order valence-corrected chi connectivity index (χ1v) is 11.1. The fraction of sp³-hybridized carbons (Fsp3) is 0.435. The van der Waals surface area contributed by atoms with Crippen molar-refractivity contribution in [1.29, 1.82) is 5.26 Å². The predicted octanol–water partition coefficient (Wildman–Crippen LogP) is 5.57. The number of ether oxygens (including phenoxy) is 1. The molecule has 2 aromatic rings. The third kappa shape index (κ3) is 4.44. The maximum Gasteiger partial charge on any atom is 0.271 e. The molecule has 0 saturated heterocycles. The molecule has 164 valence electrons. The van der Waals surface area contributed by atoms with E-state index in [0.717, 1.165) is 25.7 Å². The normalized spacial score (nSPS) is 14.3. The molecule has 0 aliphatic heterocycles. The van der Waals surface area contributed by atoms with Crippen LogP contribution in [0.25, 0.3) is 0 Å². The molecule has 3 rings (SSSR count). The van der Waals surface area contributed by atoms with Crippen LogP contribution in [0.3, 0.4) is 0 Å². The third-order valence-corrected chi connectivity index (χ3v) is 6.19. The zero-order chi connectivity index (χ0) is 22.7. The van der Waals surface area contributed by atoms with Crippen LogP contribution in [0.5, 0.6) is 11.6 Å². The molecular formula is C23H24Cl2N2O4. The molecular weight excluding hydrogens is 439 g/mol. The number of halogens is 2. The molecule has 6 nitrogen and oxygen atoms in total. The minimum absolute atomic E-state index is 0.0870. The number of hydrogen-bond donors (Lipinski definition) is 1. The van der Waals surface area contributed by atoms with Crippen molar-refractivity contribution in [3.8, 4) is 17.7 Å². The summed E-state index contributed by atoms with van der Waals surface area (Å²) in [6.45, 7) is 3.85. The van der Waals surface area contributed by atoms with Crippen molar-refractivity contribution in [1.82, 2.24) is 4.57 Å². The number of aromatic hydroxyl groups is 1. The minimum atomic E-state index is -0.569. The Morgan fingerprint density at radius 3 is 2.42 bits per heavy atom. The number of hydrogen-bond acceptors (Lipinski definition) is 5. The van der Waals surface area contributed by atoms with Crippen LogP contribution in [0, 0.1) is 18.3 Å². The molecule has 1 aliphatic carbocycles. The number of pyridine rings is 1. The molecule has 1 saturated carbocycles. The number of aromatic nitrogens is 1. The summed E-state index contributed by atoms with van der Waals surface area (Å²) in [4.78, 5) is 26.3. The highest BCUT2D eigenvalue weighted by Crippen LogP contribution is 2.37. The first kappa shape index (κ1) is 23.2. The fourth-order valence-electron chi connectivity index (χ4n) is 4.05. The Balaban J connectivity index is 2.15. The average Bonchev–Trinajstić information content (AvgIpc) is 2.74. The van der Waals surface area contributed by atoms with Gasteiger partial charge in [-0.15, -0.1) is 0 Å². The molecule has 0 bridgehead atoms. The van der Waals surface area contributed by atoms with Crippen molar-refractivity contribution in [2.24, 2.45) is 0 Å². The number of benzene rings is 1. The van der Waals surface area contributed by atoms with Crippen LogP contribution in [0.2, 0.25) is 10.0 Å². The number of rotatable bonds is 6. The predicted molar refractivity (Wildman–Crippen MR) is 120 cm³/mol. The number of carbonyl (C=O) groups is 1. The monoisotopic (exact) mass is 462 g/mol. The standard InChI is InChI=1S/C23H24Cl2N2O4/c1-3-9-31-21-17(24)10-14(11-18(21)25)20(28)19-13(2)16(12-26)22(29)27(23(19)30)15-7-5-4-6-8-15/h10-11,15,30H,3-9H2,1-2H3. The molecule has 0 atom stereocenters. The topological polar surface area (TPSA) is 92.3 Å². The summed E-state index contributed by atoms with van der Waals surface area (Å²) in [5.74, 6) is -0.702. The second-order valence-corrected chi connectivity index (χ2v) is 8.54. The molecule has 1 N–H and O–H groups in total. The molecule has 8 heteroatoms. The molecule has 1 aromatic heterocycles. The molecule has 1 fully saturated rings. The zero-order valence-corrected chi connectivity index (χ0v) is 19.0. The van der Waals surface area contributed by atoms with Gasteiger partial charge in [0.15, 0.2) is 11.5 Å². The summed E-state index contributed by atoms with van der Waals surface area (Å²) in [6.07, 6.45) is 5.06. The second-order valence-electron chi connectivity index (χ2n) is 7.72. The van der Waals surface area contributed by atoms with Gasteiger partial charge in [0.2, 0.25) is 5.88 Å². The quantitative estimate of drug-likeness (QED) is 0.566. The van der Waals surface area contributed by atoms with Crippen LogP contribution >= 0.6 is 23.2 Å². The largest absolute Gasteiger partial charge is 0.494 e. The minimum Gasteiger partial charge on any atom is -0.494 e. The van der Waals surface area contributed by atoms with Crippen LogP contribution in [0.1, 0.15) is 78.5 Å². The van der Waals surface area contributed by atoms with Gasteiger partial charge >= 0.3 is 0 Å². The van der Waals surface area contributed by atoms with Gasteiger partial charge in [-0.25, -0.2) is 0 Å². The van der Waals surface area contributed by atoms with Crippen LogP contribution in [-0.2, 0) is 0 Å². The highest BCUT2D eigenvalue weighted by Gasteiger charge is 2.29. The van der Waals surface area contributed by atoms with E-state index in [4.69, 9.17) is 27.9 Å². The van der Waals surface area contributed by atoms with Crippen molar-refractivity contribution in [3.63, 3.8) is 0 Å². The van der Waals surface area contributed by atoms with Gasteiger partial charge in [0.05, 0.1) is 22.2 Å². The van der Waals surface area contributed by atoms with Gasteiger partial charge in [-0.05, 0) is 43.9 Å². The molecule has 0 amide bonds. The lowest BCUT2D eigenvalue weighted by molar-refractivity contribution is 0.103. The summed E-state index contributed by atoms with van der Waals surface area (Å²) < 4.78 is 6.75. The van der Waals surface area contributed by atoms with E-state index in [2.05, 4.69) is 0 Å². The summed E-state index contributed by atoms with van der Waals surface area (Å²) in [7, 11) is 0. The van der Waals surface area contributed by atoms with Gasteiger partial charge in [0, 0.05) is 11.6 Å². The summed E-state index contributed by atoms with van der Waals surface area (Å²) >= 11 is 12.6. The summed E-state index contributed by atoms with van der Waals surface area (Å²) in [5.41, 5.74) is -0.529. The third-order valence-electron chi connectivity index (χ3n) is 5.62. The van der Waals surface area contributed by atoms with E-state index >= 15 is 0 Å². The molecule has 1 aliphatic rings. The van der Waals surface area contributed by atoms with E-state index in [1.165, 1.54) is 23.6 Å². The zero-order valence-electron chi connectivity index (χ0n) is 17.5. The molecule has 31 heavy (non-hydrogen) atoms. The highest BCUT2D eigenvalue weighted by molar-refractivity contribution is 6.38. The summed E-state index contributed by atoms with van der Waals surface area (Å²) in [6, 6.07) is 4.49. The average molecular weight is 463 g/mol. The molecule has 1 heterocycles. The second kappa shape index (κ2) is 9.76. The summed E-state index contributed by atoms with van der Waals surface area (Å²) in [5, 5.41) is 20.9. The Morgan fingerprint density at radius 2 is 1.87 bits per heavy atom.